The Morgan fingerprint density at radius 1 is 1.14 bits per heavy atom. The molecule has 1 amide bonds. The number of nitrogens with zero attached hydrogens (tertiary/aromatic N) is 1. The smallest absolute Gasteiger partial charge is 0.230 e. The number of para-hydroxylation sites is 2. The third-order valence-electron chi connectivity index (χ3n) is 3.92. The number of aryl methyl sites for hydroxylation is 1. The van der Waals surface area contributed by atoms with E-state index in [1.807, 2.05) is 55.6 Å². The quantitative estimate of drug-likeness (QED) is 0.862. The highest BCUT2D eigenvalue weighted by atomic mass is 16.5. The molecule has 2 aromatic carbocycles. The van der Waals surface area contributed by atoms with Crippen LogP contribution in [-0.4, -0.2) is 19.1 Å². The summed E-state index contributed by atoms with van der Waals surface area (Å²) in [6.07, 6.45) is 2.26. The molecule has 3 nitrogen and oxygen atoms in total. The highest BCUT2D eigenvalue weighted by Gasteiger charge is 2.23. The van der Waals surface area contributed by atoms with Crippen LogP contribution in [0.5, 0.6) is 5.75 Å². The predicted molar refractivity (Wildman–Crippen MR) is 83.6 cm³/mol. The third kappa shape index (κ3) is 3.07. The van der Waals surface area contributed by atoms with E-state index >= 15 is 0 Å². The molecule has 1 atom stereocenters. The van der Waals surface area contributed by atoms with Crippen molar-refractivity contribution < 1.29 is 9.53 Å². The molecule has 108 valence electrons. The maximum atomic E-state index is 12.4. The molecule has 1 heterocycles. The number of benzene rings is 2. The molecule has 0 fully saturated rings. The van der Waals surface area contributed by atoms with Crippen LogP contribution in [0, 0.1) is 0 Å². The summed E-state index contributed by atoms with van der Waals surface area (Å²) in [6, 6.07) is 17.8. The van der Waals surface area contributed by atoms with Gasteiger partial charge in [0.2, 0.25) is 5.91 Å². The van der Waals surface area contributed by atoms with Crippen LogP contribution in [-0.2, 0) is 11.2 Å². The second-order valence-corrected chi connectivity index (χ2v) is 5.38. The highest BCUT2D eigenvalue weighted by molar-refractivity contribution is 5.93. The predicted octanol–water partition coefficient (Wildman–Crippen LogP) is 3.43. The van der Waals surface area contributed by atoms with Gasteiger partial charge in [0.25, 0.3) is 0 Å². The molecule has 0 radical (unpaired) electrons. The normalized spacial score (nSPS) is 16.7. The van der Waals surface area contributed by atoms with Crippen molar-refractivity contribution in [3.05, 3.63) is 60.2 Å². The van der Waals surface area contributed by atoms with Crippen LogP contribution < -0.4 is 9.64 Å². The molecule has 21 heavy (non-hydrogen) atoms. The summed E-state index contributed by atoms with van der Waals surface area (Å²) in [7, 11) is 1.81. The molecule has 1 aliphatic rings. The average molecular weight is 281 g/mol. The van der Waals surface area contributed by atoms with Gasteiger partial charge in [-0.3, -0.25) is 4.79 Å². The van der Waals surface area contributed by atoms with E-state index in [9.17, 15) is 4.79 Å². The Morgan fingerprint density at radius 3 is 2.67 bits per heavy atom. The van der Waals surface area contributed by atoms with Gasteiger partial charge < -0.3 is 9.64 Å². The summed E-state index contributed by atoms with van der Waals surface area (Å²) in [5.74, 6) is 1.01. The average Bonchev–Trinajstić information content (AvgIpc) is 2.55. The number of hydrogen-bond donors (Lipinski definition) is 0. The lowest BCUT2D eigenvalue weighted by atomic mass is 10.00. The Labute approximate surface area is 125 Å². The van der Waals surface area contributed by atoms with E-state index in [-0.39, 0.29) is 12.0 Å². The van der Waals surface area contributed by atoms with E-state index in [2.05, 4.69) is 6.07 Å². The maximum absolute atomic E-state index is 12.4. The van der Waals surface area contributed by atoms with Crippen LogP contribution in [0.15, 0.2) is 54.6 Å². The first kappa shape index (κ1) is 13.7. The second kappa shape index (κ2) is 6.00. The summed E-state index contributed by atoms with van der Waals surface area (Å²) in [5, 5.41) is 0. The van der Waals surface area contributed by atoms with E-state index in [1.54, 1.807) is 4.90 Å². The fourth-order valence-electron chi connectivity index (χ4n) is 2.65. The van der Waals surface area contributed by atoms with Crippen molar-refractivity contribution >= 4 is 11.6 Å². The van der Waals surface area contributed by atoms with Gasteiger partial charge in [0, 0.05) is 12.7 Å². The molecule has 3 rings (SSSR count). The van der Waals surface area contributed by atoms with Crippen LogP contribution in [0.25, 0.3) is 0 Å². The number of carbonyl (C=O) groups is 1. The first-order valence-corrected chi connectivity index (χ1v) is 7.30. The van der Waals surface area contributed by atoms with Gasteiger partial charge in [0.05, 0.1) is 6.42 Å². The highest BCUT2D eigenvalue weighted by Crippen LogP contribution is 2.28. The minimum atomic E-state index is -0.0291. The topological polar surface area (TPSA) is 29.5 Å². The third-order valence-corrected chi connectivity index (χ3v) is 3.92. The van der Waals surface area contributed by atoms with Crippen molar-refractivity contribution in [3.63, 3.8) is 0 Å². The summed E-state index contributed by atoms with van der Waals surface area (Å²) >= 11 is 0. The first-order valence-electron chi connectivity index (χ1n) is 7.30. The van der Waals surface area contributed by atoms with Crippen LogP contribution in [0.3, 0.4) is 0 Å². The molecule has 1 aliphatic heterocycles. The first-order chi connectivity index (χ1) is 10.2. The van der Waals surface area contributed by atoms with Crippen LogP contribution in [0.1, 0.15) is 18.4 Å². The van der Waals surface area contributed by atoms with Crippen LogP contribution >= 0.6 is 0 Å². The molecule has 3 heteroatoms. The Kier molecular flexibility index (Phi) is 3.91. The maximum Gasteiger partial charge on any atom is 0.230 e. The van der Waals surface area contributed by atoms with Crippen molar-refractivity contribution in [1.82, 2.24) is 0 Å². The number of anilines is 1. The van der Waals surface area contributed by atoms with E-state index in [0.717, 1.165) is 24.3 Å². The van der Waals surface area contributed by atoms with Crippen molar-refractivity contribution in [2.45, 2.75) is 25.4 Å². The molecule has 0 N–H and O–H groups in total. The van der Waals surface area contributed by atoms with E-state index < -0.39 is 0 Å². The van der Waals surface area contributed by atoms with Gasteiger partial charge in [0.15, 0.2) is 0 Å². The van der Waals surface area contributed by atoms with Gasteiger partial charge in [-0.15, -0.1) is 0 Å². The van der Waals surface area contributed by atoms with E-state index in [4.69, 9.17) is 4.74 Å². The molecule has 0 unspecified atom stereocenters. The van der Waals surface area contributed by atoms with Gasteiger partial charge in [-0.05, 0) is 36.6 Å². The van der Waals surface area contributed by atoms with Gasteiger partial charge in [-0.25, -0.2) is 0 Å². The number of fused-ring (bicyclic) bond motifs is 1. The number of ether oxygens (including phenoxy) is 1. The fraction of sp³-hybridized carbons (Fsp3) is 0.278. The monoisotopic (exact) mass is 281 g/mol. The molecule has 0 aromatic heterocycles. The molecule has 0 aliphatic carbocycles. The minimum Gasteiger partial charge on any atom is -0.490 e. The van der Waals surface area contributed by atoms with E-state index in [0.29, 0.717) is 6.42 Å². The SMILES string of the molecule is CN(C(=O)C[C@H]1CCc2ccccc2O1)c1ccccc1. The molecule has 2 aromatic rings. The molecule has 0 bridgehead atoms. The molecule has 0 spiro atoms. The number of carbonyl (C=O) groups excluding carboxylic acids is 1. The van der Waals surface area contributed by atoms with Gasteiger partial charge >= 0.3 is 0 Å². The standard InChI is InChI=1S/C18H19NO2/c1-19(15-8-3-2-4-9-15)18(20)13-16-12-11-14-7-5-6-10-17(14)21-16/h2-10,16H,11-13H2,1H3/t16-/m1/s1. The minimum absolute atomic E-state index is 0.0291. The van der Waals surface area contributed by atoms with Crippen molar-refractivity contribution in [2.24, 2.45) is 0 Å². The lowest BCUT2D eigenvalue weighted by molar-refractivity contribution is -0.120. The number of hydrogen-bond acceptors (Lipinski definition) is 2. The summed E-state index contributed by atoms with van der Waals surface area (Å²) in [5.41, 5.74) is 2.15. The summed E-state index contributed by atoms with van der Waals surface area (Å²) < 4.78 is 5.94. The zero-order chi connectivity index (χ0) is 14.7. The van der Waals surface area contributed by atoms with Crippen molar-refractivity contribution in [2.75, 3.05) is 11.9 Å². The van der Waals surface area contributed by atoms with Crippen LogP contribution in [0.4, 0.5) is 5.69 Å². The molecular weight excluding hydrogens is 262 g/mol. The zero-order valence-electron chi connectivity index (χ0n) is 12.2. The van der Waals surface area contributed by atoms with Gasteiger partial charge in [-0.1, -0.05) is 36.4 Å². The lowest BCUT2D eigenvalue weighted by Gasteiger charge is -2.27. The molecule has 0 saturated heterocycles. The molecule has 0 saturated carbocycles. The molecular formula is C18H19NO2. The zero-order valence-corrected chi connectivity index (χ0v) is 12.2. The van der Waals surface area contributed by atoms with Crippen LogP contribution in [0.2, 0.25) is 0 Å². The Balaban J connectivity index is 1.64. The Morgan fingerprint density at radius 2 is 1.86 bits per heavy atom. The number of amides is 1. The number of rotatable bonds is 3. The summed E-state index contributed by atoms with van der Waals surface area (Å²) in [6.45, 7) is 0. The lowest BCUT2D eigenvalue weighted by Crippen LogP contribution is -2.33. The van der Waals surface area contributed by atoms with Crippen molar-refractivity contribution in [3.8, 4) is 5.75 Å². The van der Waals surface area contributed by atoms with Gasteiger partial charge in [0.1, 0.15) is 11.9 Å². The largest absolute Gasteiger partial charge is 0.490 e. The Hall–Kier alpha value is -2.29. The van der Waals surface area contributed by atoms with E-state index in [1.165, 1.54) is 5.56 Å². The second-order valence-electron chi connectivity index (χ2n) is 5.38. The summed E-state index contributed by atoms with van der Waals surface area (Å²) in [4.78, 5) is 14.1. The Bertz CT molecular complexity index is 624. The fourth-order valence-corrected chi connectivity index (χ4v) is 2.65. The van der Waals surface area contributed by atoms with Crippen molar-refractivity contribution in [1.29, 1.82) is 0 Å². The van der Waals surface area contributed by atoms with Gasteiger partial charge in [-0.2, -0.15) is 0 Å².